The van der Waals surface area contributed by atoms with Crippen molar-refractivity contribution in [3.05, 3.63) is 0 Å². The Morgan fingerprint density at radius 3 is 2.33 bits per heavy atom. The zero-order chi connectivity index (χ0) is 11.5. The lowest BCUT2D eigenvalue weighted by molar-refractivity contribution is 0.170. The van der Waals surface area contributed by atoms with Crippen LogP contribution in [0.2, 0.25) is 0 Å². The summed E-state index contributed by atoms with van der Waals surface area (Å²) in [4.78, 5) is 0. The van der Waals surface area contributed by atoms with Gasteiger partial charge in [-0.05, 0) is 24.7 Å². The Balaban J connectivity index is 2.00. The first kappa shape index (κ1) is 12.9. The minimum Gasteiger partial charge on any atom is -0.313 e. The zero-order valence-electron chi connectivity index (χ0n) is 9.79. The number of hydrogen-bond donors (Lipinski definition) is 2. The molecule has 0 radical (unpaired) electrons. The molecule has 90 valence electrons. The van der Waals surface area contributed by atoms with Gasteiger partial charge in [0.25, 0.3) is 0 Å². The van der Waals surface area contributed by atoms with Gasteiger partial charge in [0.15, 0.2) is 0 Å². The average molecular weight is 234 g/mol. The van der Waals surface area contributed by atoms with Gasteiger partial charge in [-0.1, -0.05) is 13.8 Å². The first-order valence-corrected chi connectivity index (χ1v) is 7.45. The van der Waals surface area contributed by atoms with E-state index in [4.69, 9.17) is 0 Å². The highest BCUT2D eigenvalue weighted by Crippen LogP contribution is 2.33. The highest BCUT2D eigenvalue weighted by molar-refractivity contribution is 7.88. The normalized spacial score (nSPS) is 26.7. The average Bonchev–Trinajstić information content (AvgIpc) is 1.97. The van der Waals surface area contributed by atoms with E-state index in [2.05, 4.69) is 23.9 Å². The molecule has 1 fully saturated rings. The van der Waals surface area contributed by atoms with Crippen molar-refractivity contribution in [3.8, 4) is 0 Å². The van der Waals surface area contributed by atoms with Crippen molar-refractivity contribution in [2.24, 2.45) is 11.8 Å². The van der Waals surface area contributed by atoms with Crippen molar-refractivity contribution < 1.29 is 8.42 Å². The monoisotopic (exact) mass is 234 g/mol. The molecular formula is C10H22N2O2S. The number of hydrogen-bond acceptors (Lipinski definition) is 3. The third-order valence-electron chi connectivity index (χ3n) is 3.04. The van der Waals surface area contributed by atoms with Gasteiger partial charge in [0.1, 0.15) is 0 Å². The maximum Gasteiger partial charge on any atom is 0.208 e. The van der Waals surface area contributed by atoms with E-state index in [1.165, 1.54) is 19.1 Å². The van der Waals surface area contributed by atoms with Gasteiger partial charge in [-0.3, -0.25) is 0 Å². The summed E-state index contributed by atoms with van der Waals surface area (Å²) in [5.41, 5.74) is 0. The van der Waals surface area contributed by atoms with Gasteiger partial charge >= 0.3 is 0 Å². The predicted molar refractivity (Wildman–Crippen MR) is 62.2 cm³/mol. The Kier molecular flexibility index (Phi) is 4.55. The molecule has 0 amide bonds. The van der Waals surface area contributed by atoms with Gasteiger partial charge in [-0.25, -0.2) is 13.1 Å². The highest BCUT2D eigenvalue weighted by atomic mass is 32.2. The Hall–Kier alpha value is -0.130. The molecule has 0 bridgehead atoms. The van der Waals surface area contributed by atoms with Crippen LogP contribution in [0.25, 0.3) is 0 Å². The van der Waals surface area contributed by atoms with Crippen LogP contribution in [-0.4, -0.2) is 33.8 Å². The van der Waals surface area contributed by atoms with Crippen molar-refractivity contribution in [1.82, 2.24) is 10.0 Å². The molecule has 0 heterocycles. The Labute approximate surface area is 92.9 Å². The molecule has 1 aliphatic carbocycles. The third-order valence-corrected chi connectivity index (χ3v) is 3.77. The van der Waals surface area contributed by atoms with E-state index in [1.807, 2.05) is 0 Å². The molecule has 0 aromatic heterocycles. The second kappa shape index (κ2) is 5.27. The van der Waals surface area contributed by atoms with Gasteiger partial charge in [0, 0.05) is 19.1 Å². The summed E-state index contributed by atoms with van der Waals surface area (Å²) >= 11 is 0. The molecular weight excluding hydrogens is 212 g/mol. The van der Waals surface area contributed by atoms with Gasteiger partial charge in [-0.2, -0.15) is 0 Å². The third kappa shape index (κ3) is 4.95. The minimum atomic E-state index is -3.02. The standard InChI is InChI=1S/C10H22N2O2S/c1-8(2)9-6-10(7-9)11-4-5-12-15(3,13)14/h8-12H,4-7H2,1-3H3. The van der Waals surface area contributed by atoms with Crippen LogP contribution in [-0.2, 0) is 10.0 Å². The summed E-state index contributed by atoms with van der Waals surface area (Å²) in [5.74, 6) is 1.63. The molecule has 2 N–H and O–H groups in total. The van der Waals surface area contributed by atoms with Gasteiger partial charge < -0.3 is 5.32 Å². The van der Waals surface area contributed by atoms with Gasteiger partial charge in [0.2, 0.25) is 10.0 Å². The molecule has 0 spiro atoms. The quantitative estimate of drug-likeness (QED) is 0.660. The molecule has 15 heavy (non-hydrogen) atoms. The van der Waals surface area contributed by atoms with Crippen LogP contribution >= 0.6 is 0 Å². The smallest absolute Gasteiger partial charge is 0.208 e. The van der Waals surface area contributed by atoms with E-state index in [9.17, 15) is 8.42 Å². The molecule has 5 heteroatoms. The second-order valence-corrected chi connectivity index (χ2v) is 6.63. The van der Waals surface area contributed by atoms with Crippen LogP contribution in [0.1, 0.15) is 26.7 Å². The number of sulfonamides is 1. The van der Waals surface area contributed by atoms with Crippen LogP contribution in [0.4, 0.5) is 0 Å². The molecule has 1 aliphatic rings. The van der Waals surface area contributed by atoms with Crippen LogP contribution in [0.5, 0.6) is 0 Å². The van der Waals surface area contributed by atoms with Gasteiger partial charge in [0.05, 0.1) is 6.26 Å². The molecule has 0 aromatic carbocycles. The van der Waals surface area contributed by atoms with Crippen LogP contribution in [0, 0.1) is 11.8 Å². The summed E-state index contributed by atoms with van der Waals surface area (Å²) in [6.07, 6.45) is 3.65. The van der Waals surface area contributed by atoms with Crippen LogP contribution < -0.4 is 10.0 Å². The zero-order valence-corrected chi connectivity index (χ0v) is 10.6. The lowest BCUT2D eigenvalue weighted by Gasteiger charge is -2.38. The van der Waals surface area contributed by atoms with Crippen LogP contribution in [0.3, 0.4) is 0 Å². The first-order chi connectivity index (χ1) is 6.88. The van der Waals surface area contributed by atoms with E-state index in [0.717, 1.165) is 18.4 Å². The molecule has 0 saturated heterocycles. The lowest BCUT2D eigenvalue weighted by atomic mass is 9.74. The molecule has 0 aromatic rings. The predicted octanol–water partition coefficient (Wildman–Crippen LogP) is 0.560. The molecule has 0 unspecified atom stereocenters. The fraction of sp³-hybridized carbons (Fsp3) is 1.00. The van der Waals surface area contributed by atoms with E-state index >= 15 is 0 Å². The van der Waals surface area contributed by atoms with Crippen molar-refractivity contribution >= 4 is 10.0 Å². The molecule has 0 aliphatic heterocycles. The molecule has 1 rings (SSSR count). The molecule has 1 saturated carbocycles. The lowest BCUT2D eigenvalue weighted by Crippen LogP contribution is -2.45. The maximum absolute atomic E-state index is 10.8. The van der Waals surface area contributed by atoms with Crippen molar-refractivity contribution in [1.29, 1.82) is 0 Å². The van der Waals surface area contributed by atoms with E-state index in [1.54, 1.807) is 0 Å². The van der Waals surface area contributed by atoms with Gasteiger partial charge in [-0.15, -0.1) is 0 Å². The minimum absolute atomic E-state index is 0.488. The topological polar surface area (TPSA) is 58.2 Å². The molecule has 0 atom stereocenters. The fourth-order valence-corrected chi connectivity index (χ4v) is 2.36. The fourth-order valence-electron chi connectivity index (χ4n) is 1.89. The number of nitrogens with one attached hydrogen (secondary N) is 2. The second-order valence-electron chi connectivity index (χ2n) is 4.79. The Morgan fingerprint density at radius 2 is 1.87 bits per heavy atom. The summed E-state index contributed by atoms with van der Waals surface area (Å²) in [5, 5.41) is 3.35. The highest BCUT2D eigenvalue weighted by Gasteiger charge is 2.30. The Morgan fingerprint density at radius 1 is 1.27 bits per heavy atom. The maximum atomic E-state index is 10.8. The van der Waals surface area contributed by atoms with Crippen LogP contribution in [0.15, 0.2) is 0 Å². The van der Waals surface area contributed by atoms with E-state index < -0.39 is 10.0 Å². The summed E-state index contributed by atoms with van der Waals surface area (Å²) in [6, 6.07) is 0.596. The van der Waals surface area contributed by atoms with E-state index in [0.29, 0.717) is 12.6 Å². The van der Waals surface area contributed by atoms with Crippen molar-refractivity contribution in [2.75, 3.05) is 19.3 Å². The SMILES string of the molecule is CC(C)C1CC(NCCNS(C)(=O)=O)C1. The Bertz CT molecular complexity index is 282. The van der Waals surface area contributed by atoms with Crippen molar-refractivity contribution in [2.45, 2.75) is 32.7 Å². The summed E-state index contributed by atoms with van der Waals surface area (Å²) in [7, 11) is -3.02. The number of rotatable bonds is 6. The van der Waals surface area contributed by atoms with Crippen molar-refractivity contribution in [3.63, 3.8) is 0 Å². The van der Waals surface area contributed by atoms with E-state index in [-0.39, 0.29) is 0 Å². The largest absolute Gasteiger partial charge is 0.313 e. The first-order valence-electron chi connectivity index (χ1n) is 5.56. The summed E-state index contributed by atoms with van der Waals surface area (Å²) in [6.45, 7) is 5.72. The summed E-state index contributed by atoms with van der Waals surface area (Å²) < 4.78 is 24.0. The molecule has 4 nitrogen and oxygen atoms in total.